The summed E-state index contributed by atoms with van der Waals surface area (Å²) in [6.07, 6.45) is 0. The molecule has 0 fully saturated rings. The number of nitrogens with one attached hydrogen (secondary N) is 1. The van der Waals surface area contributed by atoms with Crippen molar-refractivity contribution in [3.63, 3.8) is 0 Å². The second-order valence-corrected chi connectivity index (χ2v) is 5.77. The first kappa shape index (κ1) is 14.0. The highest BCUT2D eigenvalue weighted by Gasteiger charge is 2.07. The van der Waals surface area contributed by atoms with Gasteiger partial charge in [0.25, 0.3) is 0 Å². The molecule has 0 saturated heterocycles. The normalized spacial score (nSPS) is 10.4. The van der Waals surface area contributed by atoms with Gasteiger partial charge in [-0.3, -0.25) is 4.79 Å². The standard InChI is InChI=1S/C13H11F2NOS2/c14-9-3-4-12(11(15)6-9)19-8-13(17)16-7-10-2-1-5-18-10/h1-6H,7-8H2,(H,16,17). The number of hydrogen-bond donors (Lipinski definition) is 1. The van der Waals surface area contributed by atoms with Crippen molar-refractivity contribution in [2.24, 2.45) is 0 Å². The van der Waals surface area contributed by atoms with E-state index < -0.39 is 11.6 Å². The first-order valence-electron chi connectivity index (χ1n) is 5.52. The molecule has 6 heteroatoms. The first-order chi connectivity index (χ1) is 9.15. The summed E-state index contributed by atoms with van der Waals surface area (Å²) >= 11 is 2.61. The molecule has 2 aromatic rings. The van der Waals surface area contributed by atoms with Gasteiger partial charge in [0.15, 0.2) is 0 Å². The van der Waals surface area contributed by atoms with Crippen molar-refractivity contribution < 1.29 is 13.6 Å². The average Bonchev–Trinajstić information content (AvgIpc) is 2.88. The fourth-order valence-electron chi connectivity index (χ4n) is 1.39. The number of thiophene rings is 1. The molecule has 0 saturated carbocycles. The number of carbonyl (C=O) groups is 1. The summed E-state index contributed by atoms with van der Waals surface area (Å²) in [5.74, 6) is -1.34. The molecule has 0 unspecified atom stereocenters. The molecule has 19 heavy (non-hydrogen) atoms. The molecule has 0 bridgehead atoms. The Bertz CT molecular complexity index is 558. The summed E-state index contributed by atoms with van der Waals surface area (Å²) in [6.45, 7) is 0.475. The molecule has 1 heterocycles. The number of carbonyl (C=O) groups excluding carboxylic acids is 1. The minimum atomic E-state index is -0.643. The van der Waals surface area contributed by atoms with Crippen LogP contribution in [-0.4, -0.2) is 11.7 Å². The highest BCUT2D eigenvalue weighted by Crippen LogP contribution is 2.22. The van der Waals surface area contributed by atoms with Crippen LogP contribution in [0.15, 0.2) is 40.6 Å². The fourth-order valence-corrected chi connectivity index (χ4v) is 2.78. The van der Waals surface area contributed by atoms with Crippen molar-refractivity contribution in [1.82, 2.24) is 5.32 Å². The second kappa shape index (κ2) is 6.68. The van der Waals surface area contributed by atoms with Crippen molar-refractivity contribution in [1.29, 1.82) is 0 Å². The van der Waals surface area contributed by atoms with Gasteiger partial charge in [0.1, 0.15) is 11.6 Å². The number of rotatable bonds is 5. The number of amides is 1. The van der Waals surface area contributed by atoms with E-state index in [-0.39, 0.29) is 16.6 Å². The second-order valence-electron chi connectivity index (χ2n) is 3.72. The quantitative estimate of drug-likeness (QED) is 0.857. The number of hydrogen-bond acceptors (Lipinski definition) is 3. The van der Waals surface area contributed by atoms with Gasteiger partial charge in [0.05, 0.1) is 12.3 Å². The zero-order chi connectivity index (χ0) is 13.7. The molecule has 1 aromatic carbocycles. The zero-order valence-corrected chi connectivity index (χ0v) is 11.5. The Morgan fingerprint density at radius 1 is 1.32 bits per heavy atom. The van der Waals surface area contributed by atoms with E-state index >= 15 is 0 Å². The van der Waals surface area contributed by atoms with Gasteiger partial charge in [-0.15, -0.1) is 23.1 Å². The zero-order valence-electron chi connectivity index (χ0n) is 9.86. The van der Waals surface area contributed by atoms with Crippen LogP contribution in [0.5, 0.6) is 0 Å². The largest absolute Gasteiger partial charge is 0.350 e. The minimum Gasteiger partial charge on any atom is -0.350 e. The lowest BCUT2D eigenvalue weighted by Gasteiger charge is -2.04. The molecular weight excluding hydrogens is 288 g/mol. The Morgan fingerprint density at radius 2 is 2.16 bits per heavy atom. The van der Waals surface area contributed by atoms with Crippen LogP contribution in [0.3, 0.4) is 0 Å². The van der Waals surface area contributed by atoms with E-state index in [0.717, 1.165) is 22.7 Å². The van der Waals surface area contributed by atoms with Gasteiger partial charge in [-0.2, -0.15) is 0 Å². The van der Waals surface area contributed by atoms with Gasteiger partial charge in [0, 0.05) is 15.8 Å². The van der Waals surface area contributed by atoms with Crippen LogP contribution in [0.4, 0.5) is 8.78 Å². The SMILES string of the molecule is O=C(CSc1ccc(F)cc1F)NCc1cccs1. The molecule has 1 aromatic heterocycles. The monoisotopic (exact) mass is 299 g/mol. The Labute approximate surface area is 117 Å². The summed E-state index contributed by atoms with van der Waals surface area (Å²) in [6, 6.07) is 7.16. The van der Waals surface area contributed by atoms with Crippen molar-refractivity contribution in [2.45, 2.75) is 11.4 Å². The van der Waals surface area contributed by atoms with Gasteiger partial charge in [0.2, 0.25) is 5.91 Å². The Kier molecular flexibility index (Phi) is 4.93. The molecule has 0 spiro atoms. The topological polar surface area (TPSA) is 29.1 Å². The van der Waals surface area contributed by atoms with Crippen LogP contribution in [0.1, 0.15) is 4.88 Å². The Balaban J connectivity index is 1.80. The van der Waals surface area contributed by atoms with Gasteiger partial charge in [-0.25, -0.2) is 8.78 Å². The molecular formula is C13H11F2NOS2. The molecule has 0 aliphatic heterocycles. The highest BCUT2D eigenvalue weighted by atomic mass is 32.2. The van der Waals surface area contributed by atoms with E-state index in [0.29, 0.717) is 6.54 Å². The van der Waals surface area contributed by atoms with E-state index in [1.165, 1.54) is 12.1 Å². The van der Waals surface area contributed by atoms with Gasteiger partial charge in [-0.05, 0) is 23.6 Å². The van der Waals surface area contributed by atoms with Crippen LogP contribution in [0.25, 0.3) is 0 Å². The maximum absolute atomic E-state index is 13.3. The maximum Gasteiger partial charge on any atom is 0.230 e. The third kappa shape index (κ3) is 4.33. The third-order valence-electron chi connectivity index (χ3n) is 2.29. The summed E-state index contributed by atoms with van der Waals surface area (Å²) in [7, 11) is 0. The van der Waals surface area contributed by atoms with Gasteiger partial charge < -0.3 is 5.32 Å². The third-order valence-corrected chi connectivity index (χ3v) is 4.22. The van der Waals surface area contributed by atoms with Gasteiger partial charge in [-0.1, -0.05) is 6.07 Å². The fraction of sp³-hybridized carbons (Fsp3) is 0.154. The van der Waals surface area contributed by atoms with Crippen LogP contribution in [0.2, 0.25) is 0 Å². The van der Waals surface area contributed by atoms with E-state index in [1.807, 2.05) is 17.5 Å². The van der Waals surface area contributed by atoms with E-state index in [4.69, 9.17) is 0 Å². The molecule has 1 amide bonds. The molecule has 0 radical (unpaired) electrons. The summed E-state index contributed by atoms with van der Waals surface area (Å²) in [4.78, 5) is 12.9. The van der Waals surface area contributed by atoms with Crippen LogP contribution >= 0.6 is 23.1 Å². The Hall–Kier alpha value is -1.40. The molecule has 2 rings (SSSR count). The molecule has 0 aliphatic rings. The predicted molar refractivity (Wildman–Crippen MR) is 73.2 cm³/mol. The number of halogens is 2. The lowest BCUT2D eigenvalue weighted by atomic mass is 10.3. The lowest BCUT2D eigenvalue weighted by molar-refractivity contribution is -0.118. The van der Waals surface area contributed by atoms with Crippen LogP contribution < -0.4 is 5.32 Å². The summed E-state index contributed by atoms with van der Waals surface area (Å²) in [5, 5.41) is 4.67. The summed E-state index contributed by atoms with van der Waals surface area (Å²) < 4.78 is 26.0. The van der Waals surface area contributed by atoms with E-state index in [1.54, 1.807) is 11.3 Å². The summed E-state index contributed by atoms with van der Waals surface area (Å²) in [5.41, 5.74) is 0. The lowest BCUT2D eigenvalue weighted by Crippen LogP contribution is -2.24. The van der Waals surface area contributed by atoms with E-state index in [9.17, 15) is 13.6 Å². The number of thioether (sulfide) groups is 1. The van der Waals surface area contributed by atoms with Crippen LogP contribution in [-0.2, 0) is 11.3 Å². The van der Waals surface area contributed by atoms with Crippen molar-refractivity contribution in [2.75, 3.05) is 5.75 Å². The average molecular weight is 299 g/mol. The van der Waals surface area contributed by atoms with E-state index in [2.05, 4.69) is 5.32 Å². The van der Waals surface area contributed by atoms with Crippen molar-refractivity contribution in [3.8, 4) is 0 Å². The first-order valence-corrected chi connectivity index (χ1v) is 7.38. The molecule has 0 atom stereocenters. The molecule has 1 N–H and O–H groups in total. The minimum absolute atomic E-state index is 0.105. The smallest absolute Gasteiger partial charge is 0.230 e. The predicted octanol–water partition coefficient (Wildman–Crippen LogP) is 3.43. The van der Waals surface area contributed by atoms with Gasteiger partial charge >= 0.3 is 0 Å². The molecule has 100 valence electrons. The van der Waals surface area contributed by atoms with Crippen molar-refractivity contribution in [3.05, 3.63) is 52.2 Å². The molecule has 2 nitrogen and oxygen atoms in total. The van der Waals surface area contributed by atoms with Crippen LogP contribution in [0, 0.1) is 11.6 Å². The number of benzene rings is 1. The Morgan fingerprint density at radius 3 is 2.84 bits per heavy atom. The molecule has 0 aliphatic carbocycles. The van der Waals surface area contributed by atoms with Crippen molar-refractivity contribution >= 4 is 29.0 Å². The maximum atomic E-state index is 13.3. The highest BCUT2D eigenvalue weighted by molar-refractivity contribution is 8.00.